The summed E-state index contributed by atoms with van der Waals surface area (Å²) in [5.74, 6) is -0.581. The highest BCUT2D eigenvalue weighted by Gasteiger charge is 2.30. The van der Waals surface area contributed by atoms with Crippen molar-refractivity contribution in [2.24, 2.45) is 11.7 Å². The SMILES string of the molecule is Cc1ccc(C(N)C(=O)N2CCC(C(=O)NCc3ccc(C)c(F)c3)CC2)cc1.Cl. The molecule has 2 amide bonds. The topological polar surface area (TPSA) is 75.4 Å². The van der Waals surface area contributed by atoms with Gasteiger partial charge in [-0.05, 0) is 49.4 Å². The molecule has 30 heavy (non-hydrogen) atoms. The number of nitrogens with one attached hydrogen (secondary N) is 1. The summed E-state index contributed by atoms with van der Waals surface area (Å²) in [6, 6.07) is 11.9. The molecule has 1 aliphatic heterocycles. The number of aryl methyl sites for hydroxylation is 2. The number of likely N-dealkylation sites (tertiary alicyclic amines) is 1. The van der Waals surface area contributed by atoms with Crippen molar-refractivity contribution < 1.29 is 14.0 Å². The van der Waals surface area contributed by atoms with Crippen molar-refractivity contribution in [2.75, 3.05) is 13.1 Å². The lowest BCUT2D eigenvalue weighted by Crippen LogP contribution is -2.46. The van der Waals surface area contributed by atoms with E-state index in [-0.39, 0.29) is 36.0 Å². The maximum absolute atomic E-state index is 13.6. The molecule has 0 saturated carbocycles. The number of halogens is 2. The zero-order valence-corrected chi connectivity index (χ0v) is 18.2. The number of nitrogens with zero attached hydrogens (tertiary/aromatic N) is 1. The van der Waals surface area contributed by atoms with Gasteiger partial charge in [-0.25, -0.2) is 4.39 Å². The number of piperidine rings is 1. The quantitative estimate of drug-likeness (QED) is 0.758. The minimum atomic E-state index is -0.683. The van der Waals surface area contributed by atoms with E-state index in [0.29, 0.717) is 38.0 Å². The molecule has 0 bridgehead atoms. The van der Waals surface area contributed by atoms with Crippen molar-refractivity contribution in [3.05, 3.63) is 70.5 Å². The van der Waals surface area contributed by atoms with Crippen LogP contribution in [-0.2, 0) is 16.1 Å². The maximum atomic E-state index is 13.6. The Morgan fingerprint density at radius 1 is 1.13 bits per heavy atom. The van der Waals surface area contributed by atoms with E-state index in [1.807, 2.05) is 37.3 Å². The Morgan fingerprint density at radius 2 is 1.77 bits per heavy atom. The number of hydrogen-bond donors (Lipinski definition) is 2. The van der Waals surface area contributed by atoms with E-state index >= 15 is 0 Å². The van der Waals surface area contributed by atoms with Gasteiger partial charge in [0.2, 0.25) is 11.8 Å². The fourth-order valence-corrected chi connectivity index (χ4v) is 3.55. The lowest BCUT2D eigenvalue weighted by molar-refractivity contribution is -0.136. The van der Waals surface area contributed by atoms with Crippen LogP contribution in [0, 0.1) is 25.6 Å². The molecular formula is C23H29ClFN3O2. The summed E-state index contributed by atoms with van der Waals surface area (Å²) in [6.07, 6.45) is 1.20. The van der Waals surface area contributed by atoms with Crippen molar-refractivity contribution in [1.82, 2.24) is 10.2 Å². The molecule has 1 heterocycles. The standard InChI is InChI=1S/C23H28FN3O2.ClH/c1-15-3-7-18(8-4-15)21(25)23(29)27-11-9-19(10-12-27)22(28)26-14-17-6-5-16(2)20(24)13-17;/h3-8,13,19,21H,9-12,14,25H2,1-2H3,(H,26,28);1H. The monoisotopic (exact) mass is 433 g/mol. The molecule has 5 nitrogen and oxygen atoms in total. The third kappa shape index (κ3) is 5.80. The first-order valence-corrected chi connectivity index (χ1v) is 9.99. The Hall–Kier alpha value is -2.44. The van der Waals surface area contributed by atoms with Gasteiger partial charge in [0.1, 0.15) is 11.9 Å². The van der Waals surface area contributed by atoms with E-state index in [4.69, 9.17) is 5.73 Å². The lowest BCUT2D eigenvalue weighted by Gasteiger charge is -2.33. The number of carbonyl (C=O) groups is 2. The fraction of sp³-hybridized carbons (Fsp3) is 0.391. The maximum Gasteiger partial charge on any atom is 0.244 e. The predicted molar refractivity (Wildman–Crippen MR) is 118 cm³/mol. The van der Waals surface area contributed by atoms with Crippen LogP contribution in [0.3, 0.4) is 0 Å². The van der Waals surface area contributed by atoms with Crippen LogP contribution in [0.5, 0.6) is 0 Å². The van der Waals surface area contributed by atoms with E-state index in [0.717, 1.165) is 16.7 Å². The summed E-state index contributed by atoms with van der Waals surface area (Å²) in [5.41, 5.74) is 9.38. The third-order valence-electron chi connectivity index (χ3n) is 5.58. The van der Waals surface area contributed by atoms with Gasteiger partial charge in [-0.3, -0.25) is 9.59 Å². The second kappa shape index (κ2) is 10.5. The molecule has 0 spiro atoms. The summed E-state index contributed by atoms with van der Waals surface area (Å²) in [4.78, 5) is 26.9. The average molecular weight is 434 g/mol. The molecule has 1 atom stereocenters. The van der Waals surface area contributed by atoms with E-state index in [9.17, 15) is 14.0 Å². The second-order valence-corrected chi connectivity index (χ2v) is 7.79. The molecule has 0 aliphatic carbocycles. The molecule has 162 valence electrons. The molecule has 3 N–H and O–H groups in total. The number of amides is 2. The molecular weight excluding hydrogens is 405 g/mol. The molecule has 2 aromatic rings. The highest BCUT2D eigenvalue weighted by Crippen LogP contribution is 2.21. The van der Waals surface area contributed by atoms with Crippen LogP contribution < -0.4 is 11.1 Å². The van der Waals surface area contributed by atoms with E-state index in [2.05, 4.69) is 5.32 Å². The van der Waals surface area contributed by atoms with Crippen molar-refractivity contribution in [1.29, 1.82) is 0 Å². The van der Waals surface area contributed by atoms with Crippen LogP contribution in [0.4, 0.5) is 4.39 Å². The lowest BCUT2D eigenvalue weighted by atomic mass is 9.94. The Balaban J connectivity index is 0.00000320. The van der Waals surface area contributed by atoms with Crippen LogP contribution in [0.25, 0.3) is 0 Å². The average Bonchev–Trinajstić information content (AvgIpc) is 2.74. The zero-order chi connectivity index (χ0) is 21.0. The summed E-state index contributed by atoms with van der Waals surface area (Å²) >= 11 is 0. The van der Waals surface area contributed by atoms with Gasteiger partial charge in [0.25, 0.3) is 0 Å². The first-order chi connectivity index (χ1) is 13.8. The molecule has 1 fully saturated rings. The molecule has 2 aromatic carbocycles. The van der Waals surface area contributed by atoms with Crippen molar-refractivity contribution in [3.63, 3.8) is 0 Å². The van der Waals surface area contributed by atoms with Gasteiger partial charge >= 0.3 is 0 Å². The third-order valence-corrected chi connectivity index (χ3v) is 5.58. The number of hydrogen-bond acceptors (Lipinski definition) is 3. The van der Waals surface area contributed by atoms with E-state index in [1.165, 1.54) is 6.07 Å². The van der Waals surface area contributed by atoms with Gasteiger partial charge in [-0.2, -0.15) is 0 Å². The fourth-order valence-electron chi connectivity index (χ4n) is 3.55. The van der Waals surface area contributed by atoms with E-state index < -0.39 is 6.04 Å². The summed E-state index contributed by atoms with van der Waals surface area (Å²) in [5, 5.41) is 2.88. The number of carbonyl (C=O) groups excluding carboxylic acids is 2. The molecule has 0 radical (unpaired) electrons. The highest BCUT2D eigenvalue weighted by molar-refractivity contribution is 5.85. The molecule has 7 heteroatoms. The van der Waals surface area contributed by atoms with Gasteiger partial charge in [-0.15, -0.1) is 12.4 Å². The summed E-state index contributed by atoms with van der Waals surface area (Å²) in [7, 11) is 0. The van der Waals surface area contributed by atoms with Crippen molar-refractivity contribution >= 4 is 24.2 Å². The Labute approximate surface area is 183 Å². The van der Waals surface area contributed by atoms with Gasteiger partial charge in [-0.1, -0.05) is 42.0 Å². The van der Waals surface area contributed by atoms with Crippen molar-refractivity contribution in [3.8, 4) is 0 Å². The molecule has 1 aliphatic rings. The zero-order valence-electron chi connectivity index (χ0n) is 17.4. The van der Waals surface area contributed by atoms with Crippen LogP contribution in [0.1, 0.15) is 41.1 Å². The van der Waals surface area contributed by atoms with Crippen LogP contribution in [-0.4, -0.2) is 29.8 Å². The van der Waals surface area contributed by atoms with Crippen molar-refractivity contribution in [2.45, 2.75) is 39.3 Å². The van der Waals surface area contributed by atoms with Gasteiger partial charge in [0, 0.05) is 25.6 Å². The number of rotatable bonds is 5. The smallest absolute Gasteiger partial charge is 0.244 e. The first kappa shape index (κ1) is 23.8. The molecule has 0 aromatic heterocycles. The number of nitrogens with two attached hydrogens (primary N) is 1. The van der Waals surface area contributed by atoms with Gasteiger partial charge in [0.05, 0.1) is 0 Å². The molecule has 3 rings (SSSR count). The molecule has 1 saturated heterocycles. The second-order valence-electron chi connectivity index (χ2n) is 7.79. The Kier molecular flexibility index (Phi) is 8.38. The minimum Gasteiger partial charge on any atom is -0.352 e. The summed E-state index contributed by atoms with van der Waals surface area (Å²) in [6.45, 7) is 5.01. The normalized spacial score (nSPS) is 15.3. The van der Waals surface area contributed by atoms with Gasteiger partial charge in [0.15, 0.2) is 0 Å². The van der Waals surface area contributed by atoms with Gasteiger partial charge < -0.3 is 16.0 Å². The van der Waals surface area contributed by atoms with E-state index in [1.54, 1.807) is 17.9 Å². The van der Waals surface area contributed by atoms with Crippen LogP contribution in [0.15, 0.2) is 42.5 Å². The first-order valence-electron chi connectivity index (χ1n) is 9.99. The van der Waals surface area contributed by atoms with Crippen LogP contribution in [0.2, 0.25) is 0 Å². The highest BCUT2D eigenvalue weighted by atomic mass is 35.5. The predicted octanol–water partition coefficient (Wildman–Crippen LogP) is 3.42. The summed E-state index contributed by atoms with van der Waals surface area (Å²) < 4.78 is 13.6. The molecule has 1 unspecified atom stereocenters. The largest absolute Gasteiger partial charge is 0.352 e. The Bertz CT molecular complexity index is 881. The number of benzene rings is 2. The van der Waals surface area contributed by atoms with Crippen LogP contribution >= 0.6 is 12.4 Å². The Morgan fingerprint density at radius 3 is 2.37 bits per heavy atom. The minimum absolute atomic E-state index is 0.